The van der Waals surface area contributed by atoms with Crippen molar-refractivity contribution in [2.45, 2.75) is 37.8 Å². The maximum absolute atomic E-state index is 12.9. The molecule has 2 aliphatic rings. The number of carbonyl (C=O) groups is 2. The molecule has 124 valence electrons. The van der Waals surface area contributed by atoms with Crippen molar-refractivity contribution in [1.82, 2.24) is 4.90 Å². The van der Waals surface area contributed by atoms with Crippen LogP contribution < -0.4 is 5.73 Å². The smallest absolute Gasteiger partial charge is 0.255 e. The molecule has 1 aromatic carbocycles. The number of carbonyl (C=O) groups excluding carboxylic acids is 2. The minimum Gasteiger partial charge on any atom is -0.369 e. The van der Waals surface area contributed by atoms with Crippen molar-refractivity contribution < 1.29 is 9.59 Å². The number of benzene rings is 1. The number of nitrogens with two attached hydrogens (primary N) is 1. The Labute approximate surface area is 145 Å². The van der Waals surface area contributed by atoms with Crippen molar-refractivity contribution >= 4 is 23.2 Å². The fourth-order valence-electron chi connectivity index (χ4n) is 4.53. The van der Waals surface area contributed by atoms with Gasteiger partial charge in [0.25, 0.3) is 5.91 Å². The minimum absolute atomic E-state index is 0.0416. The zero-order chi connectivity index (χ0) is 16.7. The molecule has 0 spiro atoms. The summed E-state index contributed by atoms with van der Waals surface area (Å²) in [6.45, 7) is 0. The highest BCUT2D eigenvalue weighted by atomic mass is 32.1. The molecule has 5 heteroatoms. The Morgan fingerprint density at radius 3 is 2.67 bits per heavy atom. The van der Waals surface area contributed by atoms with Gasteiger partial charge in [-0.05, 0) is 42.7 Å². The van der Waals surface area contributed by atoms with Crippen LogP contribution in [0.25, 0.3) is 0 Å². The van der Waals surface area contributed by atoms with Crippen LogP contribution in [-0.4, -0.2) is 28.8 Å². The zero-order valence-electron chi connectivity index (χ0n) is 13.4. The van der Waals surface area contributed by atoms with Crippen LogP contribution in [0.15, 0.2) is 47.2 Å². The third-order valence-corrected chi connectivity index (χ3v) is 6.28. The number of hydrogen-bond donors (Lipinski definition) is 1. The molecular formula is C19H20N2O2S. The van der Waals surface area contributed by atoms with Gasteiger partial charge in [-0.25, -0.2) is 0 Å². The first-order valence-electron chi connectivity index (χ1n) is 8.30. The molecule has 1 aromatic heterocycles. The Hall–Kier alpha value is -2.14. The van der Waals surface area contributed by atoms with Crippen molar-refractivity contribution in [2.75, 3.05) is 0 Å². The molecule has 24 heavy (non-hydrogen) atoms. The third-order valence-electron chi connectivity index (χ3n) is 5.60. The summed E-state index contributed by atoms with van der Waals surface area (Å²) in [6, 6.07) is 11.9. The molecule has 4 rings (SSSR count). The summed E-state index contributed by atoms with van der Waals surface area (Å²) in [4.78, 5) is 27.3. The Bertz CT molecular complexity index is 759. The van der Waals surface area contributed by atoms with Crippen LogP contribution in [0.1, 0.15) is 35.2 Å². The summed E-state index contributed by atoms with van der Waals surface area (Å²) in [5, 5.41) is 3.79. The lowest BCUT2D eigenvalue weighted by Gasteiger charge is -2.34. The van der Waals surface area contributed by atoms with Crippen LogP contribution >= 0.6 is 11.3 Å². The van der Waals surface area contributed by atoms with Gasteiger partial charge in [0.05, 0.1) is 11.0 Å². The fourth-order valence-corrected chi connectivity index (χ4v) is 5.16. The van der Waals surface area contributed by atoms with E-state index in [9.17, 15) is 9.59 Å². The van der Waals surface area contributed by atoms with Crippen LogP contribution in [0.4, 0.5) is 0 Å². The molecule has 2 amide bonds. The minimum atomic E-state index is -0.643. The van der Waals surface area contributed by atoms with E-state index in [1.807, 2.05) is 52.1 Å². The van der Waals surface area contributed by atoms with E-state index in [2.05, 4.69) is 0 Å². The summed E-state index contributed by atoms with van der Waals surface area (Å²) in [5.74, 6) is -0.235. The highest BCUT2D eigenvalue weighted by Gasteiger charge is 2.60. The Morgan fingerprint density at radius 1 is 1.21 bits per heavy atom. The molecule has 3 atom stereocenters. The van der Waals surface area contributed by atoms with E-state index in [4.69, 9.17) is 5.73 Å². The molecular weight excluding hydrogens is 320 g/mol. The van der Waals surface area contributed by atoms with Crippen molar-refractivity contribution in [3.8, 4) is 0 Å². The predicted molar refractivity (Wildman–Crippen MR) is 93.7 cm³/mol. The summed E-state index contributed by atoms with van der Waals surface area (Å²) in [7, 11) is 0. The van der Waals surface area contributed by atoms with Crippen molar-refractivity contribution in [3.05, 3.63) is 58.3 Å². The van der Waals surface area contributed by atoms with Gasteiger partial charge in [0.15, 0.2) is 0 Å². The maximum atomic E-state index is 12.9. The molecule has 0 unspecified atom stereocenters. The number of thiophene rings is 1. The van der Waals surface area contributed by atoms with E-state index in [-0.39, 0.29) is 23.9 Å². The molecule has 3 heterocycles. The number of fused-ring (bicyclic) bond motifs is 2. The highest BCUT2D eigenvalue weighted by Crippen LogP contribution is 2.52. The van der Waals surface area contributed by atoms with E-state index in [0.29, 0.717) is 12.8 Å². The molecule has 0 radical (unpaired) electrons. The van der Waals surface area contributed by atoms with Gasteiger partial charge in [0, 0.05) is 17.5 Å². The van der Waals surface area contributed by atoms with Crippen molar-refractivity contribution in [1.29, 1.82) is 0 Å². The predicted octanol–water partition coefficient (Wildman–Crippen LogP) is 2.84. The van der Waals surface area contributed by atoms with Gasteiger partial charge in [-0.2, -0.15) is 11.3 Å². The Morgan fingerprint density at radius 2 is 2.00 bits per heavy atom. The third kappa shape index (κ3) is 2.26. The van der Waals surface area contributed by atoms with E-state index in [1.165, 1.54) is 11.3 Å². The van der Waals surface area contributed by atoms with E-state index >= 15 is 0 Å². The van der Waals surface area contributed by atoms with E-state index in [1.54, 1.807) is 0 Å². The van der Waals surface area contributed by atoms with Gasteiger partial charge >= 0.3 is 0 Å². The van der Waals surface area contributed by atoms with Crippen LogP contribution in [0.3, 0.4) is 0 Å². The largest absolute Gasteiger partial charge is 0.369 e. The average Bonchev–Trinajstić information content (AvgIpc) is 3.30. The lowest BCUT2D eigenvalue weighted by Crippen LogP contribution is -2.49. The van der Waals surface area contributed by atoms with Crippen LogP contribution in [-0.2, 0) is 11.2 Å². The summed E-state index contributed by atoms with van der Waals surface area (Å²) in [6.07, 6.45) is 3.11. The molecule has 2 aromatic rings. The van der Waals surface area contributed by atoms with Crippen molar-refractivity contribution in [3.63, 3.8) is 0 Å². The van der Waals surface area contributed by atoms with Gasteiger partial charge < -0.3 is 10.6 Å². The number of rotatable bonds is 4. The molecule has 2 N–H and O–H groups in total. The molecule has 0 saturated carbocycles. The number of amides is 2. The van der Waals surface area contributed by atoms with Gasteiger partial charge in [-0.15, -0.1) is 0 Å². The lowest BCUT2D eigenvalue weighted by atomic mass is 9.69. The molecule has 0 aliphatic carbocycles. The first kappa shape index (κ1) is 15.4. The quantitative estimate of drug-likeness (QED) is 0.930. The van der Waals surface area contributed by atoms with Gasteiger partial charge in [-0.1, -0.05) is 30.3 Å². The number of primary amides is 1. The SMILES string of the molecule is NC(=O)[C@]1(Cc2ccccc2)C[C@@H]2CC[C@H]1N2C(=O)c1ccsc1. The Balaban J connectivity index is 1.68. The fraction of sp³-hybridized carbons (Fsp3) is 0.368. The average molecular weight is 340 g/mol. The topological polar surface area (TPSA) is 63.4 Å². The molecule has 2 bridgehead atoms. The highest BCUT2D eigenvalue weighted by molar-refractivity contribution is 7.08. The molecule has 2 saturated heterocycles. The summed E-state index contributed by atoms with van der Waals surface area (Å²) < 4.78 is 0. The van der Waals surface area contributed by atoms with E-state index in [0.717, 1.165) is 24.0 Å². The van der Waals surface area contributed by atoms with Gasteiger partial charge in [-0.3, -0.25) is 9.59 Å². The maximum Gasteiger partial charge on any atom is 0.255 e. The molecule has 4 nitrogen and oxygen atoms in total. The summed E-state index contributed by atoms with van der Waals surface area (Å²) in [5.41, 5.74) is 7.05. The zero-order valence-corrected chi connectivity index (χ0v) is 14.2. The first-order chi connectivity index (χ1) is 11.6. The monoisotopic (exact) mass is 340 g/mol. The van der Waals surface area contributed by atoms with Gasteiger partial charge in [0.1, 0.15) is 0 Å². The van der Waals surface area contributed by atoms with Crippen LogP contribution in [0, 0.1) is 5.41 Å². The molecule has 2 aliphatic heterocycles. The summed E-state index contributed by atoms with van der Waals surface area (Å²) >= 11 is 1.52. The standard InChI is InChI=1S/C19H20N2O2S/c20-18(23)19(10-13-4-2-1-3-5-13)11-15-6-7-16(19)21(15)17(22)14-8-9-24-12-14/h1-5,8-9,12,15-16H,6-7,10-11H2,(H2,20,23)/t15-,16+,19+/m0/s1. The first-order valence-corrected chi connectivity index (χ1v) is 9.25. The number of hydrogen-bond acceptors (Lipinski definition) is 3. The second-order valence-electron chi connectivity index (χ2n) is 6.86. The van der Waals surface area contributed by atoms with Crippen molar-refractivity contribution in [2.24, 2.45) is 11.1 Å². The van der Waals surface area contributed by atoms with E-state index < -0.39 is 5.41 Å². The van der Waals surface area contributed by atoms with Crippen LogP contribution in [0.5, 0.6) is 0 Å². The number of nitrogens with zero attached hydrogens (tertiary/aromatic N) is 1. The van der Waals surface area contributed by atoms with Gasteiger partial charge in [0.2, 0.25) is 5.91 Å². The van der Waals surface area contributed by atoms with Crippen LogP contribution in [0.2, 0.25) is 0 Å². The second-order valence-corrected chi connectivity index (χ2v) is 7.64. The Kier molecular flexibility index (Phi) is 3.68. The second kappa shape index (κ2) is 5.74. The normalized spacial score (nSPS) is 28.2. The molecule has 2 fully saturated rings. The lowest BCUT2D eigenvalue weighted by molar-refractivity contribution is -0.129.